The second-order valence-electron chi connectivity index (χ2n) is 5.87. The molecule has 1 aliphatic carbocycles. The summed E-state index contributed by atoms with van der Waals surface area (Å²) in [5.41, 5.74) is 1.07. The molecule has 1 saturated heterocycles. The zero-order valence-electron chi connectivity index (χ0n) is 11.9. The van der Waals surface area contributed by atoms with Gasteiger partial charge in [0.15, 0.2) is 0 Å². The average molecular weight is 260 g/mol. The molecule has 1 saturated carbocycles. The van der Waals surface area contributed by atoms with Crippen LogP contribution in [0.1, 0.15) is 50.6 Å². The van der Waals surface area contributed by atoms with Crippen molar-refractivity contribution in [1.82, 2.24) is 9.97 Å². The summed E-state index contributed by atoms with van der Waals surface area (Å²) in [5.74, 6) is 1.93. The van der Waals surface area contributed by atoms with E-state index in [-0.39, 0.29) is 0 Å². The molecular weight excluding hydrogens is 236 g/mol. The SMILES string of the molecule is Cc1cc(NC2CCCCC2)nc(N2CCCC2)n1. The molecule has 0 unspecified atom stereocenters. The fraction of sp³-hybridized carbons (Fsp3) is 0.733. The predicted octanol–water partition coefficient (Wildman–Crippen LogP) is 3.13. The second kappa shape index (κ2) is 5.76. The summed E-state index contributed by atoms with van der Waals surface area (Å²) in [6, 6.07) is 2.68. The van der Waals surface area contributed by atoms with E-state index in [0.717, 1.165) is 30.5 Å². The first-order chi connectivity index (χ1) is 9.31. The molecular formula is C15H24N4. The van der Waals surface area contributed by atoms with Crippen LogP contribution in [0.3, 0.4) is 0 Å². The van der Waals surface area contributed by atoms with Gasteiger partial charge in [-0.15, -0.1) is 0 Å². The summed E-state index contributed by atoms with van der Waals surface area (Å²) in [5, 5.41) is 3.61. The topological polar surface area (TPSA) is 41.1 Å². The van der Waals surface area contributed by atoms with Gasteiger partial charge >= 0.3 is 0 Å². The monoisotopic (exact) mass is 260 g/mol. The molecule has 0 aromatic carbocycles. The van der Waals surface area contributed by atoms with Crippen LogP contribution >= 0.6 is 0 Å². The molecule has 4 nitrogen and oxygen atoms in total. The molecule has 2 aliphatic rings. The lowest BCUT2D eigenvalue weighted by Gasteiger charge is -2.24. The van der Waals surface area contributed by atoms with E-state index in [1.807, 2.05) is 0 Å². The Kier molecular flexibility index (Phi) is 3.85. The van der Waals surface area contributed by atoms with Gasteiger partial charge in [0.1, 0.15) is 5.82 Å². The van der Waals surface area contributed by atoms with Gasteiger partial charge in [0.2, 0.25) is 5.95 Å². The Morgan fingerprint density at radius 2 is 1.79 bits per heavy atom. The van der Waals surface area contributed by atoms with Gasteiger partial charge in [0.05, 0.1) is 0 Å². The smallest absolute Gasteiger partial charge is 0.227 e. The van der Waals surface area contributed by atoms with Crippen molar-refractivity contribution < 1.29 is 0 Å². The van der Waals surface area contributed by atoms with E-state index in [0.29, 0.717) is 6.04 Å². The quantitative estimate of drug-likeness (QED) is 0.906. The molecule has 0 radical (unpaired) electrons. The summed E-state index contributed by atoms with van der Waals surface area (Å²) in [6.45, 7) is 4.27. The van der Waals surface area contributed by atoms with Crippen LogP contribution in [0.15, 0.2) is 6.07 Å². The van der Waals surface area contributed by atoms with Crippen LogP contribution in [0, 0.1) is 6.92 Å². The third kappa shape index (κ3) is 3.17. The molecule has 4 heteroatoms. The number of hydrogen-bond donors (Lipinski definition) is 1. The van der Waals surface area contributed by atoms with E-state index in [9.17, 15) is 0 Å². The van der Waals surface area contributed by atoms with Crippen molar-refractivity contribution >= 4 is 11.8 Å². The van der Waals surface area contributed by atoms with Gasteiger partial charge in [-0.1, -0.05) is 19.3 Å². The first-order valence-corrected chi connectivity index (χ1v) is 7.68. The van der Waals surface area contributed by atoms with Crippen molar-refractivity contribution in [2.45, 2.75) is 57.9 Å². The fourth-order valence-electron chi connectivity index (χ4n) is 3.14. The van der Waals surface area contributed by atoms with Gasteiger partial charge in [-0.05, 0) is 32.6 Å². The number of hydrogen-bond acceptors (Lipinski definition) is 4. The lowest BCUT2D eigenvalue weighted by Crippen LogP contribution is -2.25. The van der Waals surface area contributed by atoms with Crippen molar-refractivity contribution in [3.8, 4) is 0 Å². The third-order valence-electron chi connectivity index (χ3n) is 4.19. The summed E-state index contributed by atoms with van der Waals surface area (Å²) < 4.78 is 0. The average Bonchev–Trinajstić information content (AvgIpc) is 2.93. The summed E-state index contributed by atoms with van der Waals surface area (Å²) >= 11 is 0. The van der Waals surface area contributed by atoms with Crippen LogP contribution < -0.4 is 10.2 Å². The number of rotatable bonds is 3. The third-order valence-corrected chi connectivity index (χ3v) is 4.19. The number of aromatic nitrogens is 2. The summed E-state index contributed by atoms with van der Waals surface area (Å²) in [6.07, 6.45) is 9.18. The number of aryl methyl sites for hydroxylation is 1. The van der Waals surface area contributed by atoms with Crippen LogP contribution in [0.4, 0.5) is 11.8 Å². The minimum atomic E-state index is 0.606. The highest BCUT2D eigenvalue weighted by atomic mass is 15.3. The van der Waals surface area contributed by atoms with Gasteiger partial charge in [-0.2, -0.15) is 4.98 Å². The standard InChI is InChI=1S/C15H24N4/c1-12-11-14(17-13-7-3-2-4-8-13)18-15(16-12)19-9-5-6-10-19/h11,13H,2-10H2,1H3,(H,16,17,18). The van der Waals surface area contributed by atoms with Gasteiger partial charge < -0.3 is 10.2 Å². The zero-order valence-corrected chi connectivity index (χ0v) is 11.9. The summed E-state index contributed by atoms with van der Waals surface area (Å²) in [4.78, 5) is 11.6. The zero-order chi connectivity index (χ0) is 13.1. The molecule has 104 valence electrons. The Labute approximate surface area is 115 Å². The lowest BCUT2D eigenvalue weighted by atomic mass is 9.95. The molecule has 0 atom stereocenters. The molecule has 2 fully saturated rings. The molecule has 1 aromatic rings. The normalized spacial score (nSPS) is 20.8. The van der Waals surface area contributed by atoms with E-state index in [1.165, 1.54) is 44.9 Å². The fourth-order valence-corrected chi connectivity index (χ4v) is 3.14. The molecule has 2 heterocycles. The minimum absolute atomic E-state index is 0.606. The highest BCUT2D eigenvalue weighted by Crippen LogP contribution is 2.23. The molecule has 0 bridgehead atoms. The maximum Gasteiger partial charge on any atom is 0.227 e. The van der Waals surface area contributed by atoms with Crippen molar-refractivity contribution in [3.63, 3.8) is 0 Å². The number of anilines is 2. The van der Waals surface area contributed by atoms with E-state index in [4.69, 9.17) is 4.98 Å². The number of nitrogens with zero attached hydrogens (tertiary/aromatic N) is 3. The van der Waals surface area contributed by atoms with E-state index in [2.05, 4.69) is 28.2 Å². The first kappa shape index (κ1) is 12.7. The Hall–Kier alpha value is -1.32. The molecule has 19 heavy (non-hydrogen) atoms. The molecule has 3 rings (SSSR count). The van der Waals surface area contributed by atoms with E-state index >= 15 is 0 Å². The van der Waals surface area contributed by atoms with Crippen LogP contribution in [-0.2, 0) is 0 Å². The molecule has 0 spiro atoms. The molecule has 0 amide bonds. The van der Waals surface area contributed by atoms with Crippen LogP contribution in [0.5, 0.6) is 0 Å². The largest absolute Gasteiger partial charge is 0.367 e. The first-order valence-electron chi connectivity index (χ1n) is 7.68. The van der Waals surface area contributed by atoms with Crippen LogP contribution in [0.2, 0.25) is 0 Å². The van der Waals surface area contributed by atoms with Crippen LogP contribution in [0.25, 0.3) is 0 Å². The Balaban J connectivity index is 1.73. The highest BCUT2D eigenvalue weighted by Gasteiger charge is 2.18. The molecule has 1 N–H and O–H groups in total. The maximum atomic E-state index is 4.71. The Morgan fingerprint density at radius 1 is 1.05 bits per heavy atom. The van der Waals surface area contributed by atoms with Crippen molar-refractivity contribution in [2.24, 2.45) is 0 Å². The van der Waals surface area contributed by atoms with Crippen molar-refractivity contribution in [3.05, 3.63) is 11.8 Å². The van der Waals surface area contributed by atoms with E-state index in [1.54, 1.807) is 0 Å². The second-order valence-corrected chi connectivity index (χ2v) is 5.87. The molecule has 1 aliphatic heterocycles. The van der Waals surface area contributed by atoms with E-state index < -0.39 is 0 Å². The number of nitrogens with one attached hydrogen (secondary N) is 1. The lowest BCUT2D eigenvalue weighted by molar-refractivity contribution is 0.462. The van der Waals surface area contributed by atoms with Gasteiger partial charge in [0, 0.05) is 30.9 Å². The predicted molar refractivity (Wildman–Crippen MR) is 78.7 cm³/mol. The maximum absolute atomic E-state index is 4.71. The van der Waals surface area contributed by atoms with Crippen molar-refractivity contribution in [1.29, 1.82) is 0 Å². The van der Waals surface area contributed by atoms with Crippen LogP contribution in [-0.4, -0.2) is 29.1 Å². The Bertz CT molecular complexity index is 420. The van der Waals surface area contributed by atoms with Gasteiger partial charge in [0.25, 0.3) is 0 Å². The highest BCUT2D eigenvalue weighted by molar-refractivity contribution is 5.44. The summed E-state index contributed by atoms with van der Waals surface area (Å²) in [7, 11) is 0. The minimum Gasteiger partial charge on any atom is -0.367 e. The Morgan fingerprint density at radius 3 is 2.53 bits per heavy atom. The van der Waals surface area contributed by atoms with Gasteiger partial charge in [-0.25, -0.2) is 4.98 Å². The molecule has 1 aromatic heterocycles. The van der Waals surface area contributed by atoms with Gasteiger partial charge in [-0.3, -0.25) is 0 Å². The van der Waals surface area contributed by atoms with Crippen molar-refractivity contribution in [2.75, 3.05) is 23.3 Å².